The number of nitrogens with two attached hydrogens (primary N) is 1. The first-order chi connectivity index (χ1) is 9.36. The van der Waals surface area contributed by atoms with Gasteiger partial charge in [0.25, 0.3) is 0 Å². The van der Waals surface area contributed by atoms with Crippen LogP contribution in [-0.4, -0.2) is 9.97 Å². The van der Waals surface area contributed by atoms with E-state index in [-0.39, 0.29) is 6.04 Å². The number of hydrogen-bond acceptors (Lipinski definition) is 2. The molecule has 3 N–H and O–H groups in total. The minimum Gasteiger partial charge on any atom is -0.345 e. The lowest BCUT2D eigenvalue weighted by Crippen LogP contribution is -2.13. The first-order valence-electron chi connectivity index (χ1n) is 6.25. The molecule has 3 nitrogen and oxygen atoms in total. The van der Waals surface area contributed by atoms with Crippen molar-refractivity contribution in [1.29, 1.82) is 0 Å². The van der Waals surface area contributed by atoms with E-state index in [4.69, 9.17) is 5.73 Å². The van der Waals surface area contributed by atoms with Gasteiger partial charge in [0, 0.05) is 18.0 Å². The molecule has 3 aromatic rings. The van der Waals surface area contributed by atoms with Crippen molar-refractivity contribution in [3.8, 4) is 11.4 Å². The van der Waals surface area contributed by atoms with E-state index in [1.807, 2.05) is 54.7 Å². The zero-order valence-corrected chi connectivity index (χ0v) is 10.5. The maximum Gasteiger partial charge on any atom is 0.137 e. The summed E-state index contributed by atoms with van der Waals surface area (Å²) in [5.41, 5.74) is 9.60. The van der Waals surface area contributed by atoms with Crippen LogP contribution in [0.3, 0.4) is 0 Å². The van der Waals surface area contributed by atoms with Crippen LogP contribution in [0.2, 0.25) is 0 Å². The average molecular weight is 249 g/mol. The fourth-order valence-corrected chi connectivity index (χ4v) is 2.24. The summed E-state index contributed by atoms with van der Waals surface area (Å²) in [6, 6.07) is 18.0. The van der Waals surface area contributed by atoms with Gasteiger partial charge in [0.1, 0.15) is 5.82 Å². The van der Waals surface area contributed by atoms with Crippen LogP contribution in [0.1, 0.15) is 17.2 Å². The van der Waals surface area contributed by atoms with Crippen LogP contribution >= 0.6 is 0 Å². The van der Waals surface area contributed by atoms with Gasteiger partial charge in [0.2, 0.25) is 0 Å². The molecular weight excluding hydrogens is 234 g/mol. The third kappa shape index (κ3) is 2.28. The zero-order chi connectivity index (χ0) is 13.1. The number of nitrogens with zero attached hydrogens (tertiary/aromatic N) is 1. The maximum atomic E-state index is 6.38. The molecule has 0 radical (unpaired) electrons. The Morgan fingerprint density at radius 3 is 2.42 bits per heavy atom. The topological polar surface area (TPSA) is 54.7 Å². The summed E-state index contributed by atoms with van der Waals surface area (Å²) in [6.07, 6.45) is 3.57. The quantitative estimate of drug-likeness (QED) is 0.749. The highest BCUT2D eigenvalue weighted by molar-refractivity contribution is 5.62. The van der Waals surface area contributed by atoms with Crippen molar-refractivity contribution in [2.24, 2.45) is 5.73 Å². The molecule has 3 heteroatoms. The summed E-state index contributed by atoms with van der Waals surface area (Å²) in [6.45, 7) is 0. The normalized spacial score (nSPS) is 12.3. The summed E-state index contributed by atoms with van der Waals surface area (Å²) in [5.74, 6) is 0.849. The largest absolute Gasteiger partial charge is 0.345 e. The number of aromatic amines is 1. The molecule has 0 unspecified atom stereocenters. The molecule has 1 atom stereocenters. The van der Waals surface area contributed by atoms with Crippen LogP contribution in [0.4, 0.5) is 0 Å². The zero-order valence-electron chi connectivity index (χ0n) is 10.5. The Hall–Kier alpha value is -2.39. The number of H-pyrrole nitrogens is 1. The fraction of sp³-hybridized carbons (Fsp3) is 0.0625. The van der Waals surface area contributed by atoms with E-state index in [0.29, 0.717) is 0 Å². The van der Waals surface area contributed by atoms with Crippen molar-refractivity contribution in [3.05, 3.63) is 78.1 Å². The third-order valence-electron chi connectivity index (χ3n) is 3.21. The van der Waals surface area contributed by atoms with E-state index >= 15 is 0 Å². The standard InChI is InChI=1S/C16H15N3/c17-15(12-6-2-1-3-7-12)13-8-4-5-9-14(13)16-18-10-11-19-16/h1-11,15H,17H2,(H,18,19)/t15-/m1/s1. The molecule has 0 saturated carbocycles. The SMILES string of the molecule is N[C@H](c1ccccc1)c1ccccc1-c1ncc[nH]1. The second kappa shape index (κ2) is 5.08. The van der Waals surface area contributed by atoms with Crippen molar-refractivity contribution in [3.63, 3.8) is 0 Å². The first-order valence-corrected chi connectivity index (χ1v) is 6.25. The van der Waals surface area contributed by atoms with Gasteiger partial charge in [-0.25, -0.2) is 4.98 Å². The number of aromatic nitrogens is 2. The molecule has 3 rings (SSSR count). The van der Waals surface area contributed by atoms with Gasteiger partial charge in [-0.15, -0.1) is 0 Å². The van der Waals surface area contributed by atoms with Gasteiger partial charge in [-0.2, -0.15) is 0 Å². The number of imidazole rings is 1. The smallest absolute Gasteiger partial charge is 0.137 e. The van der Waals surface area contributed by atoms with Crippen molar-refractivity contribution < 1.29 is 0 Å². The molecule has 0 aliphatic rings. The minimum absolute atomic E-state index is 0.150. The van der Waals surface area contributed by atoms with E-state index in [0.717, 1.165) is 22.5 Å². The second-order valence-corrected chi connectivity index (χ2v) is 4.41. The Morgan fingerprint density at radius 1 is 0.947 bits per heavy atom. The van der Waals surface area contributed by atoms with Crippen molar-refractivity contribution >= 4 is 0 Å². The van der Waals surface area contributed by atoms with Crippen LogP contribution < -0.4 is 5.73 Å². The van der Waals surface area contributed by atoms with E-state index in [2.05, 4.69) is 16.0 Å². The van der Waals surface area contributed by atoms with E-state index in [9.17, 15) is 0 Å². The van der Waals surface area contributed by atoms with Gasteiger partial charge in [-0.3, -0.25) is 0 Å². The Balaban J connectivity index is 2.06. The summed E-state index contributed by atoms with van der Waals surface area (Å²) < 4.78 is 0. The Kier molecular flexibility index (Phi) is 3.12. The van der Waals surface area contributed by atoms with Crippen LogP contribution in [0.25, 0.3) is 11.4 Å². The molecule has 0 fully saturated rings. The van der Waals surface area contributed by atoms with E-state index < -0.39 is 0 Å². The van der Waals surface area contributed by atoms with Crippen molar-refractivity contribution in [1.82, 2.24) is 9.97 Å². The molecule has 1 heterocycles. The number of benzene rings is 2. The molecule has 0 amide bonds. The van der Waals surface area contributed by atoms with Gasteiger partial charge < -0.3 is 10.7 Å². The molecule has 0 spiro atoms. The highest BCUT2D eigenvalue weighted by Gasteiger charge is 2.14. The summed E-state index contributed by atoms with van der Waals surface area (Å²) in [7, 11) is 0. The molecule has 0 bridgehead atoms. The molecule has 2 aromatic carbocycles. The first kappa shape index (κ1) is 11.7. The number of rotatable bonds is 3. The number of nitrogens with one attached hydrogen (secondary N) is 1. The molecule has 0 aliphatic heterocycles. The molecule has 94 valence electrons. The van der Waals surface area contributed by atoms with Gasteiger partial charge in [0.05, 0.1) is 6.04 Å². The lowest BCUT2D eigenvalue weighted by molar-refractivity contribution is 0.872. The van der Waals surface area contributed by atoms with Gasteiger partial charge in [0.15, 0.2) is 0 Å². The Morgan fingerprint density at radius 2 is 1.68 bits per heavy atom. The molecule has 19 heavy (non-hydrogen) atoms. The Bertz CT molecular complexity index is 645. The molecular formula is C16H15N3. The summed E-state index contributed by atoms with van der Waals surface area (Å²) in [5, 5.41) is 0. The molecule has 1 aromatic heterocycles. The minimum atomic E-state index is -0.150. The lowest BCUT2D eigenvalue weighted by Gasteiger charge is -2.15. The van der Waals surface area contributed by atoms with Crippen LogP contribution in [0.15, 0.2) is 67.0 Å². The van der Waals surface area contributed by atoms with E-state index in [1.54, 1.807) is 6.20 Å². The molecule has 0 saturated heterocycles. The highest BCUT2D eigenvalue weighted by atomic mass is 14.9. The van der Waals surface area contributed by atoms with Crippen LogP contribution in [0.5, 0.6) is 0 Å². The van der Waals surface area contributed by atoms with Gasteiger partial charge >= 0.3 is 0 Å². The van der Waals surface area contributed by atoms with E-state index in [1.165, 1.54) is 0 Å². The van der Waals surface area contributed by atoms with Crippen LogP contribution in [0, 0.1) is 0 Å². The molecule has 0 aliphatic carbocycles. The van der Waals surface area contributed by atoms with Crippen molar-refractivity contribution in [2.45, 2.75) is 6.04 Å². The predicted molar refractivity (Wildman–Crippen MR) is 76.5 cm³/mol. The Labute approximate surface area is 112 Å². The average Bonchev–Trinajstić information content (AvgIpc) is 3.01. The van der Waals surface area contributed by atoms with Gasteiger partial charge in [-0.1, -0.05) is 54.6 Å². The van der Waals surface area contributed by atoms with Crippen molar-refractivity contribution in [2.75, 3.05) is 0 Å². The second-order valence-electron chi connectivity index (χ2n) is 4.41. The lowest BCUT2D eigenvalue weighted by atomic mass is 9.95. The number of hydrogen-bond donors (Lipinski definition) is 2. The predicted octanol–water partition coefficient (Wildman–Crippen LogP) is 3.12. The maximum absolute atomic E-state index is 6.38. The summed E-state index contributed by atoms with van der Waals surface area (Å²) >= 11 is 0. The highest BCUT2D eigenvalue weighted by Crippen LogP contribution is 2.28. The van der Waals surface area contributed by atoms with Gasteiger partial charge in [-0.05, 0) is 11.1 Å². The summed E-state index contributed by atoms with van der Waals surface area (Å²) in [4.78, 5) is 7.45. The third-order valence-corrected chi connectivity index (χ3v) is 3.21. The monoisotopic (exact) mass is 249 g/mol. The fourth-order valence-electron chi connectivity index (χ4n) is 2.24. The van der Waals surface area contributed by atoms with Crippen LogP contribution in [-0.2, 0) is 0 Å².